The molecule has 0 unspecified atom stereocenters. The van der Waals surface area contributed by atoms with Gasteiger partial charge in [0.25, 0.3) is 5.91 Å². The SMILES string of the molecule is O=C(NC[C@@H]1C[C@]12CCc1ccccc12)c1ccc(-n2cncn2)nc1. The van der Waals surface area contributed by atoms with Gasteiger partial charge in [-0.25, -0.2) is 14.6 Å². The summed E-state index contributed by atoms with van der Waals surface area (Å²) < 4.78 is 1.56. The minimum atomic E-state index is -0.0732. The van der Waals surface area contributed by atoms with E-state index in [0.717, 1.165) is 13.0 Å². The zero-order valence-corrected chi connectivity index (χ0v) is 14.3. The Labute approximate surface area is 151 Å². The maximum atomic E-state index is 12.4. The maximum Gasteiger partial charge on any atom is 0.252 e. The quantitative estimate of drug-likeness (QED) is 0.787. The van der Waals surface area contributed by atoms with Crippen molar-refractivity contribution in [2.24, 2.45) is 5.92 Å². The van der Waals surface area contributed by atoms with Crippen molar-refractivity contribution < 1.29 is 4.79 Å². The van der Waals surface area contributed by atoms with E-state index in [1.165, 1.54) is 30.3 Å². The first kappa shape index (κ1) is 15.3. The number of aromatic nitrogens is 4. The summed E-state index contributed by atoms with van der Waals surface area (Å²) in [4.78, 5) is 20.6. The summed E-state index contributed by atoms with van der Waals surface area (Å²) in [5.41, 5.74) is 3.85. The Balaban J connectivity index is 1.23. The van der Waals surface area contributed by atoms with Crippen LogP contribution in [0.5, 0.6) is 0 Å². The molecule has 0 radical (unpaired) electrons. The molecule has 2 aromatic heterocycles. The third kappa shape index (κ3) is 2.41. The number of fused-ring (bicyclic) bond motifs is 2. The normalized spacial score (nSPS) is 23.0. The third-order valence-electron chi connectivity index (χ3n) is 5.80. The second-order valence-electron chi connectivity index (χ2n) is 7.17. The molecule has 0 bridgehead atoms. The van der Waals surface area contributed by atoms with Crippen molar-refractivity contribution in [3.63, 3.8) is 0 Å². The second-order valence-corrected chi connectivity index (χ2v) is 7.17. The van der Waals surface area contributed by atoms with E-state index in [-0.39, 0.29) is 5.91 Å². The van der Waals surface area contributed by atoms with E-state index in [9.17, 15) is 4.79 Å². The molecular formula is C20H19N5O. The molecule has 26 heavy (non-hydrogen) atoms. The van der Waals surface area contributed by atoms with Crippen LogP contribution in [0.3, 0.4) is 0 Å². The number of pyridine rings is 1. The molecule has 2 aliphatic carbocycles. The minimum Gasteiger partial charge on any atom is -0.352 e. The predicted octanol–water partition coefficient (Wildman–Crippen LogP) is 2.30. The summed E-state index contributed by atoms with van der Waals surface area (Å²) >= 11 is 0. The van der Waals surface area contributed by atoms with Gasteiger partial charge in [0.05, 0.1) is 5.56 Å². The zero-order valence-electron chi connectivity index (χ0n) is 14.3. The molecule has 1 fully saturated rings. The number of hydrogen-bond donors (Lipinski definition) is 1. The van der Waals surface area contributed by atoms with Gasteiger partial charge in [-0.05, 0) is 48.4 Å². The number of amides is 1. The highest BCUT2D eigenvalue weighted by Gasteiger charge is 2.57. The molecule has 6 heteroatoms. The van der Waals surface area contributed by atoms with Gasteiger partial charge in [0.1, 0.15) is 12.7 Å². The Morgan fingerprint density at radius 3 is 3.00 bits per heavy atom. The number of carbonyl (C=O) groups excluding carboxylic acids is 1. The molecule has 3 aromatic rings. The Morgan fingerprint density at radius 2 is 2.19 bits per heavy atom. The van der Waals surface area contributed by atoms with Gasteiger partial charge >= 0.3 is 0 Å². The number of nitrogens with zero attached hydrogens (tertiary/aromatic N) is 4. The molecule has 2 aliphatic rings. The Morgan fingerprint density at radius 1 is 1.27 bits per heavy atom. The number of hydrogen-bond acceptors (Lipinski definition) is 4. The first-order valence-electron chi connectivity index (χ1n) is 8.94. The lowest BCUT2D eigenvalue weighted by atomic mass is 9.95. The third-order valence-corrected chi connectivity index (χ3v) is 5.80. The van der Waals surface area contributed by atoms with Gasteiger partial charge in [0, 0.05) is 18.2 Å². The standard InChI is InChI=1S/C20H19N5O/c26-19(15-5-6-18(22-10-15)25-13-21-12-24-25)23-11-16-9-20(16)8-7-14-3-1-2-4-17(14)20/h1-6,10,12-13,16H,7-9,11H2,(H,23,26)/t16-,20+/m0/s1. The molecule has 2 atom stereocenters. The van der Waals surface area contributed by atoms with Gasteiger partial charge in [-0.15, -0.1) is 0 Å². The van der Waals surface area contributed by atoms with Crippen molar-refractivity contribution in [3.05, 3.63) is 71.9 Å². The lowest BCUT2D eigenvalue weighted by Gasteiger charge is -2.12. The van der Waals surface area contributed by atoms with Crippen molar-refractivity contribution in [1.82, 2.24) is 25.1 Å². The van der Waals surface area contributed by atoms with Crippen molar-refractivity contribution in [2.75, 3.05) is 6.54 Å². The average molecular weight is 345 g/mol. The number of aryl methyl sites for hydroxylation is 1. The summed E-state index contributed by atoms with van der Waals surface area (Å²) in [6.45, 7) is 0.720. The van der Waals surface area contributed by atoms with Crippen LogP contribution < -0.4 is 5.32 Å². The van der Waals surface area contributed by atoms with Gasteiger partial charge in [0.15, 0.2) is 5.82 Å². The van der Waals surface area contributed by atoms with E-state index < -0.39 is 0 Å². The highest BCUT2D eigenvalue weighted by atomic mass is 16.1. The number of rotatable bonds is 4. The topological polar surface area (TPSA) is 72.7 Å². The van der Waals surface area contributed by atoms with Gasteiger partial charge in [0.2, 0.25) is 0 Å². The van der Waals surface area contributed by atoms with Gasteiger partial charge in [-0.1, -0.05) is 24.3 Å². The lowest BCUT2D eigenvalue weighted by molar-refractivity contribution is 0.0950. The summed E-state index contributed by atoms with van der Waals surface area (Å²) in [7, 11) is 0. The van der Waals surface area contributed by atoms with Crippen LogP contribution in [0.15, 0.2) is 55.2 Å². The summed E-state index contributed by atoms with van der Waals surface area (Å²) in [6, 6.07) is 12.3. The Bertz CT molecular complexity index is 951. The van der Waals surface area contributed by atoms with Crippen LogP contribution in [0.4, 0.5) is 0 Å². The monoisotopic (exact) mass is 345 g/mol. The minimum absolute atomic E-state index is 0.0732. The van der Waals surface area contributed by atoms with Gasteiger partial charge in [-0.3, -0.25) is 4.79 Å². The molecule has 1 aromatic carbocycles. The first-order valence-corrected chi connectivity index (χ1v) is 8.94. The second kappa shape index (κ2) is 5.76. The van der Waals surface area contributed by atoms with Crippen LogP contribution in [0.2, 0.25) is 0 Å². The molecular weight excluding hydrogens is 326 g/mol. The summed E-state index contributed by atoms with van der Waals surface area (Å²) in [5, 5.41) is 7.11. The first-order chi connectivity index (χ1) is 12.8. The molecule has 5 rings (SSSR count). The molecule has 0 aliphatic heterocycles. The molecule has 1 saturated carbocycles. The maximum absolute atomic E-state index is 12.4. The molecule has 1 spiro atoms. The van der Waals surface area contributed by atoms with E-state index in [1.54, 1.807) is 29.3 Å². The fraction of sp³-hybridized carbons (Fsp3) is 0.300. The highest BCUT2D eigenvalue weighted by molar-refractivity contribution is 5.94. The molecule has 130 valence electrons. The van der Waals surface area contributed by atoms with Crippen molar-refractivity contribution >= 4 is 5.91 Å². The van der Waals surface area contributed by atoms with Crippen molar-refractivity contribution in [1.29, 1.82) is 0 Å². The predicted molar refractivity (Wildman–Crippen MR) is 96.0 cm³/mol. The Kier molecular flexibility index (Phi) is 3.38. The van der Waals surface area contributed by atoms with Crippen LogP contribution >= 0.6 is 0 Å². The summed E-state index contributed by atoms with van der Waals surface area (Å²) in [6.07, 6.45) is 8.16. The van der Waals surface area contributed by atoms with Crippen molar-refractivity contribution in [2.45, 2.75) is 24.7 Å². The average Bonchev–Trinajstić information content (AvgIpc) is 3.01. The van der Waals surface area contributed by atoms with Crippen LogP contribution in [0, 0.1) is 5.92 Å². The van der Waals surface area contributed by atoms with Crippen molar-refractivity contribution in [3.8, 4) is 5.82 Å². The molecule has 1 amide bonds. The van der Waals surface area contributed by atoms with Crippen LogP contribution in [-0.4, -0.2) is 32.2 Å². The van der Waals surface area contributed by atoms with E-state index in [4.69, 9.17) is 0 Å². The summed E-state index contributed by atoms with van der Waals surface area (Å²) in [5.74, 6) is 1.11. The molecule has 1 N–H and O–H groups in total. The van der Waals surface area contributed by atoms with E-state index in [1.807, 2.05) is 0 Å². The smallest absolute Gasteiger partial charge is 0.252 e. The number of carbonyl (C=O) groups is 1. The fourth-order valence-corrected chi connectivity index (χ4v) is 4.30. The lowest BCUT2D eigenvalue weighted by Crippen LogP contribution is -2.27. The molecule has 2 heterocycles. The van der Waals surface area contributed by atoms with Crippen LogP contribution in [0.1, 0.15) is 34.3 Å². The largest absolute Gasteiger partial charge is 0.352 e. The number of benzene rings is 1. The van der Waals surface area contributed by atoms with E-state index >= 15 is 0 Å². The van der Waals surface area contributed by atoms with Crippen LogP contribution in [-0.2, 0) is 11.8 Å². The zero-order chi connectivity index (χ0) is 17.6. The van der Waals surface area contributed by atoms with Crippen LogP contribution in [0.25, 0.3) is 5.82 Å². The van der Waals surface area contributed by atoms with E-state index in [0.29, 0.717) is 22.7 Å². The molecule has 0 saturated heterocycles. The van der Waals surface area contributed by atoms with E-state index in [2.05, 4.69) is 44.6 Å². The van der Waals surface area contributed by atoms with Gasteiger partial charge < -0.3 is 5.32 Å². The number of nitrogens with one attached hydrogen (secondary N) is 1. The van der Waals surface area contributed by atoms with Gasteiger partial charge in [-0.2, -0.15) is 5.10 Å². The molecule has 6 nitrogen and oxygen atoms in total. The fourth-order valence-electron chi connectivity index (χ4n) is 4.30. The highest BCUT2D eigenvalue weighted by Crippen LogP contribution is 2.61. The Hall–Kier alpha value is -3.02.